The molecule has 1 aliphatic heterocycles. The van der Waals surface area contributed by atoms with Crippen LogP contribution in [0.3, 0.4) is 0 Å². The predicted octanol–water partition coefficient (Wildman–Crippen LogP) is 2.60. The number of aromatic nitrogens is 1. The van der Waals surface area contributed by atoms with Crippen LogP contribution in [0, 0.1) is 5.92 Å². The average Bonchev–Trinajstić information content (AvgIpc) is 3.15. The summed E-state index contributed by atoms with van der Waals surface area (Å²) in [6.07, 6.45) is 2.16. The molecular weight excluding hydrogens is 342 g/mol. The molecule has 0 amide bonds. The number of hydrogen-bond donors (Lipinski definition) is 2. The molecule has 1 saturated heterocycles. The summed E-state index contributed by atoms with van der Waals surface area (Å²) < 4.78 is 11.0. The van der Waals surface area contributed by atoms with Gasteiger partial charge in [0.15, 0.2) is 11.7 Å². The minimum absolute atomic E-state index is 0.458. The topological polar surface area (TPSA) is 74.9 Å². The van der Waals surface area contributed by atoms with Crippen LogP contribution >= 0.6 is 0 Å². The summed E-state index contributed by atoms with van der Waals surface area (Å²) in [4.78, 5) is 6.85. The van der Waals surface area contributed by atoms with E-state index in [-0.39, 0.29) is 0 Å². The number of rotatable bonds is 9. The minimum atomic E-state index is 0.458. The third-order valence-electron chi connectivity index (χ3n) is 5.40. The number of hydrogen-bond acceptors (Lipinski definition) is 5. The molecule has 1 atom stereocenters. The molecule has 1 aromatic heterocycles. The van der Waals surface area contributed by atoms with E-state index in [1.807, 2.05) is 0 Å². The van der Waals surface area contributed by atoms with Crippen molar-refractivity contribution in [2.45, 2.75) is 59.0 Å². The van der Waals surface area contributed by atoms with E-state index in [4.69, 9.17) is 9.26 Å². The van der Waals surface area contributed by atoms with E-state index < -0.39 is 0 Å². The van der Waals surface area contributed by atoms with Gasteiger partial charge in [0.05, 0.1) is 25.5 Å². The third-order valence-corrected chi connectivity index (χ3v) is 5.40. The zero-order chi connectivity index (χ0) is 19.6. The summed E-state index contributed by atoms with van der Waals surface area (Å²) in [6.45, 7) is 14.0. The molecule has 154 valence electrons. The number of ether oxygens (including phenoxy) is 1. The van der Waals surface area contributed by atoms with E-state index in [9.17, 15) is 0 Å². The van der Waals surface area contributed by atoms with Crippen LogP contribution in [-0.2, 0) is 11.3 Å². The van der Waals surface area contributed by atoms with Crippen LogP contribution in [0.4, 0.5) is 0 Å². The first kappa shape index (κ1) is 21.7. The zero-order valence-corrected chi connectivity index (χ0v) is 17.6. The number of nitrogens with one attached hydrogen (secondary N) is 2. The second kappa shape index (κ2) is 11.3. The molecule has 0 radical (unpaired) electrons. The van der Waals surface area contributed by atoms with Crippen molar-refractivity contribution in [3.8, 4) is 0 Å². The normalized spacial score (nSPS) is 17.5. The number of nitrogens with zero attached hydrogens (tertiary/aromatic N) is 3. The Balaban J connectivity index is 1.84. The van der Waals surface area contributed by atoms with Gasteiger partial charge in [-0.2, -0.15) is 0 Å². The van der Waals surface area contributed by atoms with E-state index in [1.54, 1.807) is 7.05 Å². The van der Waals surface area contributed by atoms with Gasteiger partial charge in [-0.05, 0) is 18.8 Å². The highest BCUT2D eigenvalue weighted by atomic mass is 16.5. The molecule has 0 aliphatic carbocycles. The van der Waals surface area contributed by atoms with Crippen LogP contribution in [0.5, 0.6) is 0 Å². The first-order valence-electron chi connectivity index (χ1n) is 10.3. The Morgan fingerprint density at radius 1 is 1.22 bits per heavy atom. The zero-order valence-electron chi connectivity index (χ0n) is 17.6. The van der Waals surface area contributed by atoms with Crippen LogP contribution in [0.25, 0.3) is 0 Å². The molecule has 7 nitrogen and oxygen atoms in total. The van der Waals surface area contributed by atoms with Crippen LogP contribution in [0.15, 0.2) is 15.6 Å². The van der Waals surface area contributed by atoms with E-state index in [1.165, 1.54) is 0 Å². The van der Waals surface area contributed by atoms with Gasteiger partial charge >= 0.3 is 0 Å². The molecule has 2 heterocycles. The summed E-state index contributed by atoms with van der Waals surface area (Å²) in [6, 6.07) is 2.52. The van der Waals surface area contributed by atoms with Crippen molar-refractivity contribution in [1.82, 2.24) is 20.7 Å². The van der Waals surface area contributed by atoms with Crippen LogP contribution in [0.2, 0.25) is 0 Å². The van der Waals surface area contributed by atoms with Crippen molar-refractivity contribution >= 4 is 5.96 Å². The molecule has 0 bridgehead atoms. The van der Waals surface area contributed by atoms with Crippen molar-refractivity contribution in [1.29, 1.82) is 0 Å². The first-order valence-corrected chi connectivity index (χ1v) is 10.3. The van der Waals surface area contributed by atoms with E-state index >= 15 is 0 Å². The molecule has 2 rings (SSSR count). The van der Waals surface area contributed by atoms with Gasteiger partial charge in [0, 0.05) is 44.7 Å². The Kier molecular flexibility index (Phi) is 9.07. The average molecular weight is 380 g/mol. The summed E-state index contributed by atoms with van der Waals surface area (Å²) in [5.41, 5.74) is 1.05. The summed E-state index contributed by atoms with van der Waals surface area (Å²) in [5, 5.41) is 11.0. The van der Waals surface area contributed by atoms with Crippen LogP contribution in [0.1, 0.15) is 57.9 Å². The van der Waals surface area contributed by atoms with Gasteiger partial charge in [0.2, 0.25) is 0 Å². The SMILES string of the molecule is CCC(CC)c1cc(CNC(=NC)NCC(C(C)C)N2CCOCC2)on1. The Hall–Kier alpha value is -1.60. The lowest BCUT2D eigenvalue weighted by Crippen LogP contribution is -2.52. The molecule has 1 unspecified atom stereocenters. The fourth-order valence-corrected chi connectivity index (χ4v) is 3.60. The van der Waals surface area contributed by atoms with Gasteiger partial charge < -0.3 is 19.9 Å². The van der Waals surface area contributed by atoms with Gasteiger partial charge in [0.25, 0.3) is 0 Å². The standard InChI is InChI=1S/C20H37N5O2/c1-6-16(7-2)18-12-17(27-24-18)13-22-20(21-5)23-14-19(15(3)4)25-8-10-26-11-9-25/h12,15-16,19H,6-11,13-14H2,1-5H3,(H2,21,22,23). The number of guanidine groups is 1. The summed E-state index contributed by atoms with van der Waals surface area (Å²) in [5.74, 6) is 2.66. The Bertz CT molecular complexity index is 562. The molecule has 1 fully saturated rings. The number of morpholine rings is 1. The molecule has 0 saturated carbocycles. The maximum Gasteiger partial charge on any atom is 0.191 e. The Morgan fingerprint density at radius 3 is 2.52 bits per heavy atom. The van der Waals surface area contributed by atoms with E-state index in [0.717, 1.165) is 63.1 Å². The highest BCUT2D eigenvalue weighted by Crippen LogP contribution is 2.22. The molecule has 2 N–H and O–H groups in total. The highest BCUT2D eigenvalue weighted by Gasteiger charge is 2.24. The highest BCUT2D eigenvalue weighted by molar-refractivity contribution is 5.79. The lowest BCUT2D eigenvalue weighted by molar-refractivity contribution is 0.00752. The minimum Gasteiger partial charge on any atom is -0.379 e. The largest absolute Gasteiger partial charge is 0.379 e. The van der Waals surface area contributed by atoms with E-state index in [0.29, 0.717) is 24.4 Å². The van der Waals surface area contributed by atoms with Gasteiger partial charge in [-0.3, -0.25) is 9.89 Å². The molecular formula is C20H37N5O2. The molecule has 1 aromatic rings. The second-order valence-electron chi connectivity index (χ2n) is 7.50. The first-order chi connectivity index (χ1) is 13.1. The monoisotopic (exact) mass is 379 g/mol. The molecule has 0 aromatic carbocycles. The Morgan fingerprint density at radius 2 is 1.93 bits per heavy atom. The lowest BCUT2D eigenvalue weighted by atomic mass is 9.99. The molecule has 27 heavy (non-hydrogen) atoms. The van der Waals surface area contributed by atoms with Crippen molar-refractivity contribution in [2.75, 3.05) is 39.9 Å². The maximum absolute atomic E-state index is 5.49. The molecule has 1 aliphatic rings. The van der Waals surface area contributed by atoms with Gasteiger partial charge in [-0.15, -0.1) is 0 Å². The van der Waals surface area contributed by atoms with Crippen molar-refractivity contribution < 1.29 is 9.26 Å². The van der Waals surface area contributed by atoms with Crippen LogP contribution in [-0.4, -0.2) is 62.0 Å². The van der Waals surface area contributed by atoms with Gasteiger partial charge in [0.1, 0.15) is 0 Å². The second-order valence-corrected chi connectivity index (χ2v) is 7.50. The quantitative estimate of drug-likeness (QED) is 0.507. The van der Waals surface area contributed by atoms with Gasteiger partial charge in [-0.1, -0.05) is 32.9 Å². The van der Waals surface area contributed by atoms with Crippen molar-refractivity contribution in [3.63, 3.8) is 0 Å². The molecule has 0 spiro atoms. The number of aliphatic imine (C=N–C) groups is 1. The van der Waals surface area contributed by atoms with Crippen molar-refractivity contribution in [2.24, 2.45) is 10.9 Å². The maximum atomic E-state index is 5.49. The van der Waals surface area contributed by atoms with E-state index in [2.05, 4.69) is 59.4 Å². The van der Waals surface area contributed by atoms with Crippen molar-refractivity contribution in [3.05, 3.63) is 17.5 Å². The van der Waals surface area contributed by atoms with Gasteiger partial charge in [-0.25, -0.2) is 0 Å². The fraction of sp³-hybridized carbons (Fsp3) is 0.800. The lowest BCUT2D eigenvalue weighted by Gasteiger charge is -2.37. The Labute approximate surface area is 163 Å². The summed E-state index contributed by atoms with van der Waals surface area (Å²) in [7, 11) is 1.80. The predicted molar refractivity (Wildman–Crippen MR) is 109 cm³/mol. The smallest absolute Gasteiger partial charge is 0.191 e. The molecule has 7 heteroatoms. The fourth-order valence-electron chi connectivity index (χ4n) is 3.60. The van der Waals surface area contributed by atoms with Crippen LogP contribution < -0.4 is 10.6 Å². The third kappa shape index (κ3) is 6.50. The summed E-state index contributed by atoms with van der Waals surface area (Å²) >= 11 is 0.